The zero-order valence-electron chi connectivity index (χ0n) is 14.1. The molecule has 0 saturated carbocycles. The van der Waals surface area contributed by atoms with E-state index in [1.165, 1.54) is 5.57 Å². The van der Waals surface area contributed by atoms with E-state index in [1.54, 1.807) is 0 Å². The summed E-state index contributed by atoms with van der Waals surface area (Å²) < 4.78 is 12.5. The van der Waals surface area contributed by atoms with Crippen LogP contribution in [0.2, 0.25) is 39.3 Å². The standard InChI is InChI=1S/C15H30O2Si2/c1-15(2,3)12-10-13(16-18(4,5)6)14(11-12)17-19(7,8)9/h10H,11H2,1-9H3. The molecule has 1 rings (SSSR count). The van der Waals surface area contributed by atoms with Crippen LogP contribution in [0.1, 0.15) is 27.2 Å². The van der Waals surface area contributed by atoms with Crippen molar-refractivity contribution in [2.45, 2.75) is 66.5 Å². The highest BCUT2D eigenvalue weighted by Gasteiger charge is 2.31. The third kappa shape index (κ3) is 5.57. The Kier molecular flexibility index (Phi) is 4.47. The summed E-state index contributed by atoms with van der Waals surface area (Å²) in [7, 11) is -3.18. The zero-order valence-corrected chi connectivity index (χ0v) is 16.1. The van der Waals surface area contributed by atoms with E-state index in [4.69, 9.17) is 8.85 Å². The molecular formula is C15H30O2Si2. The average Bonchev–Trinajstić information content (AvgIpc) is 2.41. The van der Waals surface area contributed by atoms with Gasteiger partial charge in [0.05, 0.1) is 0 Å². The molecule has 0 atom stereocenters. The Balaban J connectivity index is 3.00. The number of hydrogen-bond donors (Lipinski definition) is 0. The van der Waals surface area contributed by atoms with E-state index in [0.29, 0.717) is 0 Å². The summed E-state index contributed by atoms with van der Waals surface area (Å²) in [5.74, 6) is 2.05. The van der Waals surface area contributed by atoms with Crippen molar-refractivity contribution in [2.75, 3.05) is 0 Å². The van der Waals surface area contributed by atoms with Crippen molar-refractivity contribution in [3.8, 4) is 0 Å². The summed E-state index contributed by atoms with van der Waals surface area (Å²) in [5.41, 5.74) is 1.59. The van der Waals surface area contributed by atoms with Gasteiger partial charge < -0.3 is 8.85 Å². The fourth-order valence-corrected chi connectivity index (χ4v) is 3.65. The lowest BCUT2D eigenvalue weighted by Crippen LogP contribution is -2.28. The van der Waals surface area contributed by atoms with E-state index < -0.39 is 16.6 Å². The fraction of sp³-hybridized carbons (Fsp3) is 0.733. The van der Waals surface area contributed by atoms with Gasteiger partial charge in [0.1, 0.15) is 11.5 Å². The molecule has 0 unspecified atom stereocenters. The molecule has 0 aliphatic heterocycles. The van der Waals surface area contributed by atoms with Crippen LogP contribution >= 0.6 is 0 Å². The van der Waals surface area contributed by atoms with E-state index in [1.807, 2.05) is 0 Å². The normalized spacial score (nSPS) is 17.6. The smallest absolute Gasteiger partial charge is 0.242 e. The quantitative estimate of drug-likeness (QED) is 0.658. The third-order valence-corrected chi connectivity index (χ3v) is 4.43. The van der Waals surface area contributed by atoms with E-state index in [9.17, 15) is 0 Å². The van der Waals surface area contributed by atoms with E-state index in [2.05, 4.69) is 66.1 Å². The van der Waals surface area contributed by atoms with Gasteiger partial charge in [-0.1, -0.05) is 26.3 Å². The molecule has 0 aromatic heterocycles. The largest absolute Gasteiger partial charge is 0.544 e. The van der Waals surface area contributed by atoms with Crippen LogP contribution in [0, 0.1) is 5.41 Å². The minimum atomic E-state index is -1.60. The van der Waals surface area contributed by atoms with Crippen LogP contribution < -0.4 is 0 Å². The van der Waals surface area contributed by atoms with E-state index in [0.717, 1.165) is 17.9 Å². The lowest BCUT2D eigenvalue weighted by Gasteiger charge is -2.25. The first-order valence-corrected chi connectivity index (χ1v) is 13.9. The minimum absolute atomic E-state index is 0.179. The lowest BCUT2D eigenvalue weighted by molar-refractivity contribution is 0.349. The topological polar surface area (TPSA) is 18.5 Å². The van der Waals surface area contributed by atoms with Crippen molar-refractivity contribution in [3.63, 3.8) is 0 Å². The fourth-order valence-electron chi connectivity index (χ4n) is 1.90. The Labute approximate surface area is 121 Å². The first-order chi connectivity index (χ1) is 8.28. The molecule has 0 N–H and O–H groups in total. The third-order valence-electron chi connectivity index (χ3n) is 2.74. The van der Waals surface area contributed by atoms with Crippen LogP contribution in [0.3, 0.4) is 0 Å². The Morgan fingerprint density at radius 1 is 0.895 bits per heavy atom. The first kappa shape index (κ1) is 16.6. The Morgan fingerprint density at radius 2 is 1.37 bits per heavy atom. The van der Waals surface area contributed by atoms with Gasteiger partial charge in [0.25, 0.3) is 0 Å². The molecule has 0 heterocycles. The average molecular weight is 299 g/mol. The molecule has 0 amide bonds. The first-order valence-electron chi connectivity index (χ1n) is 7.10. The summed E-state index contributed by atoms with van der Waals surface area (Å²) in [6.07, 6.45) is 3.13. The van der Waals surface area contributed by atoms with Crippen LogP contribution in [0.5, 0.6) is 0 Å². The summed E-state index contributed by atoms with van der Waals surface area (Å²) in [6.45, 7) is 20.1. The maximum atomic E-state index is 6.25. The molecule has 2 nitrogen and oxygen atoms in total. The van der Waals surface area contributed by atoms with Crippen molar-refractivity contribution in [2.24, 2.45) is 5.41 Å². The molecule has 4 heteroatoms. The highest BCUT2D eigenvalue weighted by atomic mass is 28.4. The predicted molar refractivity (Wildman–Crippen MR) is 88.0 cm³/mol. The van der Waals surface area contributed by atoms with Gasteiger partial charge in [0.2, 0.25) is 16.6 Å². The van der Waals surface area contributed by atoms with Crippen molar-refractivity contribution in [3.05, 3.63) is 23.2 Å². The molecule has 19 heavy (non-hydrogen) atoms. The highest BCUT2D eigenvalue weighted by Crippen LogP contribution is 2.39. The SMILES string of the molecule is CC(C)(C)C1=CC(O[Si](C)(C)C)=C(O[Si](C)(C)C)C1. The summed E-state index contributed by atoms with van der Waals surface area (Å²) in [5, 5.41) is 0. The zero-order chi connectivity index (χ0) is 15.1. The second kappa shape index (κ2) is 5.13. The van der Waals surface area contributed by atoms with Crippen LogP contribution in [0.4, 0.5) is 0 Å². The molecule has 1 aliphatic rings. The van der Waals surface area contributed by atoms with Gasteiger partial charge >= 0.3 is 0 Å². The maximum absolute atomic E-state index is 6.25. The Bertz CT molecular complexity index is 401. The van der Waals surface area contributed by atoms with Gasteiger partial charge in [-0.15, -0.1) is 0 Å². The summed E-state index contributed by atoms with van der Waals surface area (Å²) in [6, 6.07) is 0. The molecule has 0 saturated heterocycles. The number of allylic oxidation sites excluding steroid dienone is 2. The molecule has 0 aromatic carbocycles. The molecule has 0 radical (unpaired) electrons. The maximum Gasteiger partial charge on any atom is 0.242 e. The number of rotatable bonds is 4. The second-order valence-electron chi connectivity index (χ2n) is 8.31. The Morgan fingerprint density at radius 3 is 1.74 bits per heavy atom. The predicted octanol–water partition coefficient (Wildman–Crippen LogP) is 5.28. The van der Waals surface area contributed by atoms with Gasteiger partial charge in [-0.3, -0.25) is 0 Å². The second-order valence-corrected chi connectivity index (χ2v) is 17.2. The van der Waals surface area contributed by atoms with Crippen molar-refractivity contribution >= 4 is 16.6 Å². The molecular weight excluding hydrogens is 268 g/mol. The molecule has 1 aliphatic carbocycles. The summed E-state index contributed by atoms with van der Waals surface area (Å²) in [4.78, 5) is 0. The van der Waals surface area contributed by atoms with Crippen LogP contribution in [0.25, 0.3) is 0 Å². The van der Waals surface area contributed by atoms with Gasteiger partial charge in [0, 0.05) is 6.42 Å². The van der Waals surface area contributed by atoms with Crippen LogP contribution in [-0.2, 0) is 8.85 Å². The van der Waals surface area contributed by atoms with E-state index >= 15 is 0 Å². The summed E-state index contributed by atoms with van der Waals surface area (Å²) >= 11 is 0. The molecule has 0 fully saturated rings. The molecule has 0 spiro atoms. The number of hydrogen-bond acceptors (Lipinski definition) is 2. The minimum Gasteiger partial charge on any atom is -0.544 e. The Hall–Kier alpha value is -0.486. The van der Waals surface area contributed by atoms with Gasteiger partial charge in [-0.2, -0.15) is 0 Å². The van der Waals surface area contributed by atoms with E-state index in [-0.39, 0.29) is 5.41 Å². The van der Waals surface area contributed by atoms with Crippen molar-refractivity contribution in [1.29, 1.82) is 0 Å². The van der Waals surface area contributed by atoms with Gasteiger partial charge in [-0.25, -0.2) is 0 Å². The lowest BCUT2D eigenvalue weighted by atomic mass is 9.86. The van der Waals surface area contributed by atoms with Gasteiger partial charge in [0.15, 0.2) is 0 Å². The van der Waals surface area contributed by atoms with Crippen molar-refractivity contribution < 1.29 is 8.85 Å². The molecule has 110 valence electrons. The van der Waals surface area contributed by atoms with Crippen molar-refractivity contribution in [1.82, 2.24) is 0 Å². The van der Waals surface area contributed by atoms with Crippen LogP contribution in [0.15, 0.2) is 23.2 Å². The molecule has 0 bridgehead atoms. The monoisotopic (exact) mass is 298 g/mol. The van der Waals surface area contributed by atoms with Gasteiger partial charge in [-0.05, 0) is 50.8 Å². The van der Waals surface area contributed by atoms with Crippen LogP contribution in [-0.4, -0.2) is 16.6 Å². The highest BCUT2D eigenvalue weighted by molar-refractivity contribution is 6.70. The molecule has 0 aromatic rings.